The van der Waals surface area contributed by atoms with Gasteiger partial charge in [-0.2, -0.15) is 13.2 Å². The fraction of sp³-hybridized carbons (Fsp3) is 0.111. The second kappa shape index (κ2) is 7.37. The number of hydrogen-bond acceptors (Lipinski definition) is 4. The normalized spacial score (nSPS) is 14.7. The number of imide groups is 1. The third kappa shape index (κ3) is 3.65. The Bertz CT molecular complexity index is 989. The zero-order chi connectivity index (χ0) is 20.6. The van der Waals surface area contributed by atoms with Crippen LogP contribution in [0.3, 0.4) is 0 Å². The van der Waals surface area contributed by atoms with Gasteiger partial charge in [0.15, 0.2) is 0 Å². The van der Waals surface area contributed by atoms with E-state index in [1.165, 1.54) is 7.11 Å². The van der Waals surface area contributed by atoms with Crippen molar-refractivity contribution in [3.8, 4) is 5.75 Å². The summed E-state index contributed by atoms with van der Waals surface area (Å²) in [5.41, 5.74) is -1.31. The maximum Gasteiger partial charge on any atom is 0.416 e. The first-order valence-corrected chi connectivity index (χ1v) is 8.45. The summed E-state index contributed by atoms with van der Waals surface area (Å²) in [6.45, 7) is 0. The minimum atomic E-state index is -4.67. The molecule has 0 atom stereocenters. The molecule has 3 rings (SSSR count). The fourth-order valence-electron chi connectivity index (χ4n) is 2.51. The number of ether oxygens (including phenoxy) is 1. The van der Waals surface area contributed by atoms with Crippen molar-refractivity contribution in [2.75, 3.05) is 17.3 Å². The number of nitrogens with zero attached hydrogens (tertiary/aromatic N) is 1. The molecule has 0 bridgehead atoms. The maximum atomic E-state index is 13.0. The van der Waals surface area contributed by atoms with Crippen molar-refractivity contribution < 1.29 is 27.5 Å². The summed E-state index contributed by atoms with van der Waals surface area (Å²) in [6.07, 6.45) is -4.67. The van der Waals surface area contributed by atoms with E-state index in [-0.39, 0.29) is 10.7 Å². The van der Waals surface area contributed by atoms with Crippen molar-refractivity contribution >= 4 is 46.4 Å². The number of alkyl halides is 3. The van der Waals surface area contributed by atoms with Gasteiger partial charge in [0.1, 0.15) is 16.5 Å². The number of carbonyl (C=O) groups excluding carboxylic acids is 2. The van der Waals surface area contributed by atoms with Gasteiger partial charge in [0, 0.05) is 5.69 Å². The molecule has 28 heavy (non-hydrogen) atoms. The zero-order valence-electron chi connectivity index (χ0n) is 14.1. The molecule has 5 nitrogen and oxygen atoms in total. The van der Waals surface area contributed by atoms with Crippen LogP contribution in [0.15, 0.2) is 53.2 Å². The van der Waals surface area contributed by atoms with Crippen LogP contribution in [-0.2, 0) is 15.8 Å². The highest BCUT2D eigenvalue weighted by molar-refractivity contribution is 6.53. The minimum absolute atomic E-state index is 0.204. The van der Waals surface area contributed by atoms with Crippen LogP contribution in [0, 0.1) is 0 Å². The topological polar surface area (TPSA) is 58.6 Å². The zero-order valence-corrected chi connectivity index (χ0v) is 15.6. The molecule has 0 saturated heterocycles. The lowest BCUT2D eigenvalue weighted by atomic mass is 10.2. The Morgan fingerprint density at radius 2 is 1.64 bits per heavy atom. The molecule has 2 aromatic rings. The Morgan fingerprint density at radius 3 is 2.21 bits per heavy atom. The number of nitrogens with one attached hydrogen (secondary N) is 1. The molecule has 1 heterocycles. The van der Waals surface area contributed by atoms with Crippen LogP contribution in [-0.4, -0.2) is 18.9 Å². The van der Waals surface area contributed by atoms with Crippen molar-refractivity contribution in [3.05, 3.63) is 63.8 Å². The van der Waals surface area contributed by atoms with Gasteiger partial charge in [-0.25, -0.2) is 4.90 Å². The molecular weight excluding hydrogens is 420 g/mol. The first-order chi connectivity index (χ1) is 13.1. The first kappa shape index (κ1) is 20.0. The second-order valence-corrected chi connectivity index (χ2v) is 6.44. The average Bonchev–Trinajstić information content (AvgIpc) is 2.85. The standard InChI is InChI=1S/C18H11Cl2F3N2O3/c1-28-11-5-3-10(4-6-11)24-15-14(20)16(26)25(17(15)27)13-8-9(18(21,22)23)2-7-12(13)19/h2-8,24H,1H3. The summed E-state index contributed by atoms with van der Waals surface area (Å²) in [4.78, 5) is 25.7. The van der Waals surface area contributed by atoms with Crippen LogP contribution < -0.4 is 15.0 Å². The van der Waals surface area contributed by atoms with Crippen LogP contribution >= 0.6 is 23.2 Å². The van der Waals surface area contributed by atoms with Crippen molar-refractivity contribution in [1.82, 2.24) is 0 Å². The SMILES string of the molecule is COc1ccc(NC2=C(Cl)C(=O)N(c3cc(C(F)(F)F)ccc3Cl)C2=O)cc1. The number of benzene rings is 2. The lowest BCUT2D eigenvalue weighted by Crippen LogP contribution is -2.32. The van der Waals surface area contributed by atoms with Gasteiger partial charge in [0.05, 0.1) is 23.4 Å². The lowest BCUT2D eigenvalue weighted by molar-refractivity contribution is -0.137. The Kier molecular flexibility index (Phi) is 5.27. The van der Waals surface area contributed by atoms with Gasteiger partial charge in [0.25, 0.3) is 11.8 Å². The van der Waals surface area contributed by atoms with Crippen molar-refractivity contribution in [1.29, 1.82) is 0 Å². The second-order valence-electron chi connectivity index (χ2n) is 5.65. The van der Waals surface area contributed by atoms with Crippen LogP contribution in [0.2, 0.25) is 5.02 Å². The van der Waals surface area contributed by atoms with Gasteiger partial charge >= 0.3 is 6.18 Å². The van der Waals surface area contributed by atoms with Crippen LogP contribution in [0.4, 0.5) is 24.5 Å². The van der Waals surface area contributed by atoms with E-state index in [2.05, 4.69) is 5.32 Å². The number of methoxy groups -OCH3 is 1. The molecule has 1 aliphatic rings. The lowest BCUT2D eigenvalue weighted by Gasteiger charge is -2.18. The van der Waals surface area contributed by atoms with E-state index in [0.29, 0.717) is 22.4 Å². The molecule has 146 valence electrons. The van der Waals surface area contributed by atoms with E-state index in [1.807, 2.05) is 0 Å². The van der Waals surface area contributed by atoms with E-state index in [9.17, 15) is 22.8 Å². The summed E-state index contributed by atoms with van der Waals surface area (Å²) in [5, 5.41) is 2.03. The molecule has 0 unspecified atom stereocenters. The molecule has 0 spiro atoms. The number of halogens is 5. The van der Waals surface area contributed by atoms with E-state index < -0.39 is 34.3 Å². The third-order valence-corrected chi connectivity index (χ3v) is 4.57. The average molecular weight is 431 g/mol. The monoisotopic (exact) mass is 430 g/mol. The summed E-state index contributed by atoms with van der Waals surface area (Å²) >= 11 is 11.9. The predicted molar refractivity (Wildman–Crippen MR) is 98.4 cm³/mol. The van der Waals surface area contributed by atoms with Gasteiger partial charge in [-0.05, 0) is 42.5 Å². The van der Waals surface area contributed by atoms with Crippen molar-refractivity contribution in [3.63, 3.8) is 0 Å². The molecule has 0 aliphatic carbocycles. The number of hydrogen-bond donors (Lipinski definition) is 1. The van der Waals surface area contributed by atoms with Gasteiger partial charge in [-0.3, -0.25) is 9.59 Å². The molecule has 1 aliphatic heterocycles. The number of anilines is 2. The largest absolute Gasteiger partial charge is 0.497 e. The molecule has 10 heteroatoms. The Labute approximate surface area is 167 Å². The fourth-order valence-corrected chi connectivity index (χ4v) is 2.92. The summed E-state index contributed by atoms with van der Waals surface area (Å²) in [7, 11) is 1.48. The smallest absolute Gasteiger partial charge is 0.416 e. The molecule has 0 radical (unpaired) electrons. The molecular formula is C18H11Cl2F3N2O3. The predicted octanol–water partition coefficient (Wildman–Crippen LogP) is 4.80. The third-order valence-electron chi connectivity index (χ3n) is 3.90. The van der Waals surface area contributed by atoms with Crippen LogP contribution in [0.25, 0.3) is 0 Å². The van der Waals surface area contributed by atoms with Gasteiger partial charge in [-0.1, -0.05) is 23.2 Å². The molecule has 2 aromatic carbocycles. The molecule has 0 saturated carbocycles. The highest BCUT2D eigenvalue weighted by Crippen LogP contribution is 2.38. The number of carbonyl (C=O) groups is 2. The maximum absolute atomic E-state index is 13.0. The number of rotatable bonds is 4. The molecule has 0 fully saturated rings. The van der Waals surface area contributed by atoms with Gasteiger partial charge < -0.3 is 10.1 Å². The first-order valence-electron chi connectivity index (χ1n) is 7.70. The van der Waals surface area contributed by atoms with Gasteiger partial charge in [0.2, 0.25) is 0 Å². The van der Waals surface area contributed by atoms with E-state index >= 15 is 0 Å². The Hall–Kier alpha value is -2.71. The quantitative estimate of drug-likeness (QED) is 0.707. The van der Waals surface area contributed by atoms with Crippen molar-refractivity contribution in [2.24, 2.45) is 0 Å². The summed E-state index contributed by atoms with van der Waals surface area (Å²) in [6, 6.07) is 8.71. The highest BCUT2D eigenvalue weighted by atomic mass is 35.5. The Balaban J connectivity index is 1.94. The summed E-state index contributed by atoms with van der Waals surface area (Å²) in [5.74, 6) is -1.34. The molecule has 0 aromatic heterocycles. The van der Waals surface area contributed by atoms with E-state index in [4.69, 9.17) is 27.9 Å². The van der Waals surface area contributed by atoms with Gasteiger partial charge in [-0.15, -0.1) is 0 Å². The van der Waals surface area contributed by atoms with Crippen LogP contribution in [0.1, 0.15) is 5.56 Å². The van der Waals surface area contributed by atoms with E-state index in [0.717, 1.165) is 12.1 Å². The number of amides is 2. The highest BCUT2D eigenvalue weighted by Gasteiger charge is 2.41. The summed E-state index contributed by atoms with van der Waals surface area (Å²) < 4.78 is 44.0. The minimum Gasteiger partial charge on any atom is -0.497 e. The molecule has 2 amide bonds. The Morgan fingerprint density at radius 1 is 1.00 bits per heavy atom. The van der Waals surface area contributed by atoms with Crippen molar-refractivity contribution in [2.45, 2.75) is 6.18 Å². The molecule has 1 N–H and O–H groups in total. The van der Waals surface area contributed by atoms with Crippen LogP contribution in [0.5, 0.6) is 5.75 Å². The van der Waals surface area contributed by atoms with E-state index in [1.54, 1.807) is 24.3 Å².